The maximum absolute atomic E-state index is 10.8. The molecule has 1 aromatic rings. The van der Waals surface area contributed by atoms with Crippen molar-refractivity contribution in [2.45, 2.75) is 50.0 Å². The van der Waals surface area contributed by atoms with E-state index in [1.807, 2.05) is 6.07 Å². The van der Waals surface area contributed by atoms with Crippen LogP contribution >= 0.6 is 0 Å². The number of aliphatic hydroxyl groups is 1. The van der Waals surface area contributed by atoms with Crippen LogP contribution in [0.2, 0.25) is 0 Å². The first kappa shape index (κ1) is 15.2. The van der Waals surface area contributed by atoms with Gasteiger partial charge in [-0.25, -0.2) is 0 Å². The first-order chi connectivity index (χ1) is 10.6. The van der Waals surface area contributed by atoms with Crippen molar-refractivity contribution in [2.75, 3.05) is 14.2 Å². The van der Waals surface area contributed by atoms with Gasteiger partial charge in [-0.2, -0.15) is 0 Å². The van der Waals surface area contributed by atoms with Gasteiger partial charge < -0.3 is 19.7 Å². The number of ether oxygens (including phenoxy) is 2. The third kappa shape index (κ3) is 2.33. The Morgan fingerprint density at radius 1 is 1.32 bits per heavy atom. The fourth-order valence-electron chi connectivity index (χ4n) is 4.11. The zero-order valence-electron chi connectivity index (χ0n) is 13.0. The summed E-state index contributed by atoms with van der Waals surface area (Å²) in [6.45, 7) is 0. The summed E-state index contributed by atoms with van der Waals surface area (Å²) in [5.74, 6) is 1.25. The number of carboxylic acid groups (broad SMARTS) is 1. The summed E-state index contributed by atoms with van der Waals surface area (Å²) in [7, 11) is 3.15. The minimum absolute atomic E-state index is 0.0651. The lowest BCUT2D eigenvalue weighted by Gasteiger charge is -2.26. The maximum atomic E-state index is 10.8. The van der Waals surface area contributed by atoms with E-state index in [1.165, 1.54) is 17.5 Å². The molecular weight excluding hydrogens is 284 g/mol. The fraction of sp³-hybridized carbons (Fsp3) is 0.588. The summed E-state index contributed by atoms with van der Waals surface area (Å²) in [5.41, 5.74) is 3.16. The molecule has 5 nitrogen and oxygen atoms in total. The Kier molecular flexibility index (Phi) is 4.00. The normalized spacial score (nSPS) is 23.2. The molecule has 0 amide bonds. The van der Waals surface area contributed by atoms with Crippen LogP contribution in [0.1, 0.15) is 66.7 Å². The second kappa shape index (κ2) is 5.80. The van der Waals surface area contributed by atoms with Crippen LogP contribution in [0.25, 0.3) is 0 Å². The topological polar surface area (TPSA) is 76.0 Å². The van der Waals surface area contributed by atoms with Crippen molar-refractivity contribution < 1.29 is 24.5 Å². The van der Waals surface area contributed by atoms with E-state index in [1.54, 1.807) is 14.2 Å². The van der Waals surface area contributed by atoms with E-state index < -0.39 is 12.1 Å². The zero-order chi connectivity index (χ0) is 15.9. The van der Waals surface area contributed by atoms with Gasteiger partial charge in [0.1, 0.15) is 0 Å². The number of aliphatic carboxylic acids is 1. The number of aliphatic hydroxyl groups excluding tert-OH is 1. The van der Waals surface area contributed by atoms with Crippen LogP contribution in [-0.2, 0) is 4.79 Å². The summed E-state index contributed by atoms with van der Waals surface area (Å²) in [6.07, 6.45) is 2.70. The Morgan fingerprint density at radius 2 is 2.05 bits per heavy atom. The van der Waals surface area contributed by atoms with Crippen LogP contribution in [0.15, 0.2) is 6.07 Å². The van der Waals surface area contributed by atoms with Gasteiger partial charge in [0.05, 0.1) is 20.3 Å². The third-order valence-electron chi connectivity index (χ3n) is 5.03. The molecule has 1 saturated carbocycles. The molecule has 0 heterocycles. The second-order valence-electron chi connectivity index (χ2n) is 6.18. The van der Waals surface area contributed by atoms with Crippen molar-refractivity contribution in [1.82, 2.24) is 0 Å². The average molecular weight is 306 g/mol. The largest absolute Gasteiger partial charge is 0.493 e. The molecular formula is C17H22O5. The van der Waals surface area contributed by atoms with E-state index in [4.69, 9.17) is 14.6 Å². The molecule has 22 heavy (non-hydrogen) atoms. The Labute approximate surface area is 129 Å². The van der Waals surface area contributed by atoms with Crippen LogP contribution in [0.3, 0.4) is 0 Å². The number of carboxylic acids is 1. The van der Waals surface area contributed by atoms with E-state index >= 15 is 0 Å². The molecule has 2 N–H and O–H groups in total. The van der Waals surface area contributed by atoms with Crippen molar-refractivity contribution in [3.63, 3.8) is 0 Å². The Bertz CT molecular complexity index is 595. The molecule has 3 rings (SSSR count). The average Bonchev–Trinajstić information content (AvgIpc) is 3.12. The molecule has 2 bridgehead atoms. The zero-order valence-corrected chi connectivity index (χ0v) is 13.0. The number of fused-ring (bicyclic) bond motifs is 5. The fourth-order valence-corrected chi connectivity index (χ4v) is 4.11. The SMILES string of the molecule is COc1cc2c(c(C(O)CCC(=O)O)c1OC)C1CCC2C1. The van der Waals surface area contributed by atoms with Crippen molar-refractivity contribution in [2.24, 2.45) is 0 Å². The lowest BCUT2D eigenvalue weighted by molar-refractivity contribution is -0.137. The first-order valence-electron chi connectivity index (χ1n) is 7.75. The van der Waals surface area contributed by atoms with E-state index in [9.17, 15) is 9.90 Å². The number of hydrogen-bond donors (Lipinski definition) is 2. The van der Waals surface area contributed by atoms with E-state index in [2.05, 4.69) is 0 Å². The summed E-state index contributed by atoms with van der Waals surface area (Å²) >= 11 is 0. The van der Waals surface area contributed by atoms with Gasteiger partial charge in [-0.05, 0) is 54.7 Å². The van der Waals surface area contributed by atoms with Gasteiger partial charge in [0, 0.05) is 12.0 Å². The van der Waals surface area contributed by atoms with E-state index in [0.29, 0.717) is 23.3 Å². The molecule has 0 radical (unpaired) electrons. The molecule has 0 saturated heterocycles. The highest BCUT2D eigenvalue weighted by atomic mass is 16.5. The molecule has 2 aliphatic carbocycles. The predicted molar refractivity (Wildman–Crippen MR) is 80.7 cm³/mol. The monoisotopic (exact) mass is 306 g/mol. The minimum Gasteiger partial charge on any atom is -0.493 e. The molecule has 3 atom stereocenters. The second-order valence-corrected chi connectivity index (χ2v) is 6.18. The predicted octanol–water partition coefficient (Wildman–Crippen LogP) is 2.97. The van der Waals surface area contributed by atoms with Crippen molar-refractivity contribution >= 4 is 5.97 Å². The molecule has 1 aromatic carbocycles. The summed E-state index contributed by atoms with van der Waals surface area (Å²) in [6, 6.07) is 2.03. The highest BCUT2D eigenvalue weighted by Gasteiger charge is 2.41. The molecule has 0 aliphatic heterocycles. The van der Waals surface area contributed by atoms with E-state index in [-0.39, 0.29) is 12.8 Å². The van der Waals surface area contributed by atoms with Gasteiger partial charge in [-0.15, -0.1) is 0 Å². The number of rotatable bonds is 6. The molecule has 2 aliphatic rings. The van der Waals surface area contributed by atoms with Crippen LogP contribution < -0.4 is 9.47 Å². The third-order valence-corrected chi connectivity index (χ3v) is 5.03. The maximum Gasteiger partial charge on any atom is 0.303 e. The lowest BCUT2D eigenvalue weighted by Crippen LogP contribution is -2.12. The molecule has 3 unspecified atom stereocenters. The van der Waals surface area contributed by atoms with Gasteiger partial charge in [0.2, 0.25) is 0 Å². The number of carbonyl (C=O) groups is 1. The number of benzene rings is 1. The molecule has 1 fully saturated rings. The van der Waals surface area contributed by atoms with Crippen LogP contribution in [0.5, 0.6) is 11.5 Å². The molecule has 120 valence electrons. The molecule has 0 aromatic heterocycles. The minimum atomic E-state index is -0.904. The quantitative estimate of drug-likeness (QED) is 0.845. The molecule has 5 heteroatoms. The van der Waals surface area contributed by atoms with E-state index in [0.717, 1.165) is 18.4 Å². The van der Waals surface area contributed by atoms with Crippen LogP contribution in [-0.4, -0.2) is 30.4 Å². The van der Waals surface area contributed by atoms with Gasteiger partial charge >= 0.3 is 5.97 Å². The van der Waals surface area contributed by atoms with Crippen molar-refractivity contribution in [1.29, 1.82) is 0 Å². The summed E-state index contributed by atoms with van der Waals surface area (Å²) in [4.78, 5) is 10.8. The van der Waals surface area contributed by atoms with Gasteiger partial charge in [-0.1, -0.05) is 0 Å². The highest BCUT2D eigenvalue weighted by molar-refractivity contribution is 5.67. The van der Waals surface area contributed by atoms with Crippen LogP contribution in [0.4, 0.5) is 0 Å². The summed E-state index contributed by atoms with van der Waals surface area (Å²) in [5, 5.41) is 19.5. The summed E-state index contributed by atoms with van der Waals surface area (Å²) < 4.78 is 10.9. The lowest BCUT2D eigenvalue weighted by atomic mass is 9.84. The Balaban J connectivity index is 2.08. The van der Waals surface area contributed by atoms with Gasteiger partial charge in [-0.3, -0.25) is 4.79 Å². The van der Waals surface area contributed by atoms with Gasteiger partial charge in [0.25, 0.3) is 0 Å². The van der Waals surface area contributed by atoms with Crippen molar-refractivity contribution in [3.8, 4) is 11.5 Å². The number of hydrogen-bond acceptors (Lipinski definition) is 4. The first-order valence-corrected chi connectivity index (χ1v) is 7.75. The van der Waals surface area contributed by atoms with Crippen molar-refractivity contribution in [3.05, 3.63) is 22.8 Å². The smallest absolute Gasteiger partial charge is 0.303 e. The Hall–Kier alpha value is -1.75. The van der Waals surface area contributed by atoms with Crippen LogP contribution in [0, 0.1) is 0 Å². The number of methoxy groups -OCH3 is 2. The molecule has 0 spiro atoms. The standard InChI is InChI=1S/C17H22O5/c1-21-13-8-11-9-3-4-10(7-9)15(11)16(17(13)22-2)12(18)5-6-14(19)20/h8-10,12,18H,3-7H2,1-2H3,(H,19,20). The highest BCUT2D eigenvalue weighted by Crippen LogP contribution is 2.58. The Morgan fingerprint density at radius 3 is 2.68 bits per heavy atom. The van der Waals surface area contributed by atoms with Gasteiger partial charge in [0.15, 0.2) is 11.5 Å².